The molecular formula is C3H5Li2O. The van der Waals surface area contributed by atoms with E-state index < -0.39 is 0 Å². The summed E-state index contributed by atoms with van der Waals surface area (Å²) >= 11 is 0. The van der Waals surface area contributed by atoms with Gasteiger partial charge in [-0.25, -0.2) is 0 Å². The van der Waals surface area contributed by atoms with Crippen LogP contribution in [0, 0.1) is 0 Å². The number of rotatable bonds is 0. The second-order valence-corrected chi connectivity index (χ2v) is 0.469. The number of hydrogen-bond acceptors (Lipinski definition) is 1. The van der Waals surface area contributed by atoms with E-state index in [9.17, 15) is 0 Å². The van der Waals surface area contributed by atoms with Gasteiger partial charge in [0.25, 0.3) is 0 Å². The van der Waals surface area contributed by atoms with E-state index in [1.807, 2.05) is 0 Å². The molecule has 0 aliphatic rings. The molecule has 0 fully saturated rings. The standard InChI is InChI=1S/C3H6O.2Li/c1-2-3-4;;/h2-4H,1H3;;/q;;+1/p-1/b3-2-;;. The van der Waals surface area contributed by atoms with Gasteiger partial charge < -0.3 is 5.11 Å². The fraction of sp³-hybridized carbons (Fsp3) is 0.333. The molecule has 1 nitrogen and oxygen atoms in total. The maximum absolute atomic E-state index is 9.12. The average Bonchev–Trinajstić information content (AvgIpc) is 1.37. The summed E-state index contributed by atoms with van der Waals surface area (Å²) in [5.41, 5.74) is 0. The smallest absolute Gasteiger partial charge is 0.878 e. The SMILES string of the molecule is C/C=C\[O-].[Li+].[Li]. The molecule has 0 saturated heterocycles. The molecule has 0 saturated carbocycles. The molecular weight excluding hydrogens is 65.9 g/mol. The van der Waals surface area contributed by atoms with E-state index in [1.165, 1.54) is 6.08 Å². The molecule has 6 heavy (non-hydrogen) atoms. The second kappa shape index (κ2) is 17.2. The number of hydrogen-bond donors (Lipinski definition) is 0. The summed E-state index contributed by atoms with van der Waals surface area (Å²) in [6.45, 7) is 1.69. The van der Waals surface area contributed by atoms with Crippen molar-refractivity contribution in [2.75, 3.05) is 0 Å². The minimum absolute atomic E-state index is 0. The summed E-state index contributed by atoms with van der Waals surface area (Å²) in [6.07, 6.45) is 2.19. The third-order valence-electron chi connectivity index (χ3n) is 0.136. The van der Waals surface area contributed by atoms with Crippen LogP contribution in [0.15, 0.2) is 12.3 Å². The van der Waals surface area contributed by atoms with Crippen LogP contribution in [-0.4, -0.2) is 18.9 Å². The van der Waals surface area contributed by atoms with Crippen molar-refractivity contribution < 1.29 is 24.0 Å². The molecule has 0 aliphatic carbocycles. The van der Waals surface area contributed by atoms with Crippen LogP contribution in [0.3, 0.4) is 0 Å². The van der Waals surface area contributed by atoms with Crippen molar-refractivity contribution in [3.63, 3.8) is 0 Å². The van der Waals surface area contributed by atoms with E-state index in [1.54, 1.807) is 6.92 Å². The van der Waals surface area contributed by atoms with Gasteiger partial charge in [-0.15, -0.1) is 6.08 Å². The molecule has 0 atom stereocenters. The van der Waals surface area contributed by atoms with Gasteiger partial charge in [0.15, 0.2) is 0 Å². The van der Waals surface area contributed by atoms with E-state index in [-0.39, 0.29) is 37.7 Å². The van der Waals surface area contributed by atoms with Gasteiger partial charge in [0.1, 0.15) is 0 Å². The van der Waals surface area contributed by atoms with Crippen LogP contribution >= 0.6 is 0 Å². The molecule has 0 rings (SSSR count). The second-order valence-electron chi connectivity index (χ2n) is 0.469. The first-order valence-corrected chi connectivity index (χ1v) is 1.15. The Labute approximate surface area is 62.2 Å². The van der Waals surface area contributed by atoms with Gasteiger partial charge in [-0.3, -0.25) is 0 Å². The topological polar surface area (TPSA) is 23.1 Å². The summed E-state index contributed by atoms with van der Waals surface area (Å²) in [4.78, 5) is 0. The summed E-state index contributed by atoms with van der Waals surface area (Å²) in [7, 11) is 0. The molecule has 0 unspecified atom stereocenters. The predicted octanol–water partition coefficient (Wildman–Crippen LogP) is -3.50. The molecule has 0 bridgehead atoms. The molecule has 0 spiro atoms. The van der Waals surface area contributed by atoms with Crippen molar-refractivity contribution in [1.82, 2.24) is 0 Å². The van der Waals surface area contributed by atoms with Crippen molar-refractivity contribution in [2.45, 2.75) is 6.92 Å². The quantitative estimate of drug-likeness (QED) is 0.215. The third-order valence-corrected chi connectivity index (χ3v) is 0.136. The summed E-state index contributed by atoms with van der Waals surface area (Å²) in [5.74, 6) is 0. The Balaban J connectivity index is -0.0000000450. The molecule has 1 radical (unpaired) electrons. The molecule has 0 aromatic rings. The van der Waals surface area contributed by atoms with Crippen LogP contribution in [-0.2, 0) is 0 Å². The van der Waals surface area contributed by atoms with E-state index >= 15 is 0 Å². The monoisotopic (exact) mass is 71.1 g/mol. The van der Waals surface area contributed by atoms with Crippen molar-refractivity contribution in [1.29, 1.82) is 0 Å². The minimum atomic E-state index is 0. The van der Waals surface area contributed by atoms with Crippen LogP contribution in [0.2, 0.25) is 0 Å². The van der Waals surface area contributed by atoms with Crippen molar-refractivity contribution in [3.8, 4) is 0 Å². The van der Waals surface area contributed by atoms with Gasteiger partial charge in [-0.05, 0) is 6.92 Å². The number of allylic oxidation sites excluding steroid dienone is 1. The van der Waals surface area contributed by atoms with E-state index in [2.05, 4.69) is 0 Å². The first-order valence-electron chi connectivity index (χ1n) is 1.15. The van der Waals surface area contributed by atoms with Gasteiger partial charge in [0, 0.05) is 18.9 Å². The van der Waals surface area contributed by atoms with Crippen LogP contribution in [0.5, 0.6) is 0 Å². The maximum atomic E-state index is 9.12. The van der Waals surface area contributed by atoms with Crippen molar-refractivity contribution in [2.24, 2.45) is 0 Å². The maximum Gasteiger partial charge on any atom is 1.00 e. The van der Waals surface area contributed by atoms with Crippen LogP contribution < -0.4 is 24.0 Å². The van der Waals surface area contributed by atoms with E-state index in [0.717, 1.165) is 6.26 Å². The molecule has 0 aliphatic heterocycles. The summed E-state index contributed by atoms with van der Waals surface area (Å²) in [5, 5.41) is 9.12. The molecule has 0 aromatic heterocycles. The Morgan fingerprint density at radius 1 is 1.50 bits per heavy atom. The van der Waals surface area contributed by atoms with Crippen LogP contribution in [0.1, 0.15) is 6.92 Å². The molecule has 25 valence electrons. The fourth-order valence-electron chi connectivity index (χ4n) is 0. The first-order chi connectivity index (χ1) is 1.91. The van der Waals surface area contributed by atoms with Gasteiger partial charge in [-0.2, -0.15) is 6.26 Å². The van der Waals surface area contributed by atoms with E-state index in [0.29, 0.717) is 0 Å². The van der Waals surface area contributed by atoms with Gasteiger partial charge in [0.05, 0.1) is 0 Å². The average molecular weight is 71.0 g/mol. The Hall–Kier alpha value is 0.735. The Kier molecular flexibility index (Phi) is 45.5. The van der Waals surface area contributed by atoms with Crippen LogP contribution in [0.4, 0.5) is 0 Å². The Morgan fingerprint density at radius 2 is 1.67 bits per heavy atom. The molecule has 0 aromatic carbocycles. The third kappa shape index (κ3) is 21.9. The van der Waals surface area contributed by atoms with Crippen LogP contribution in [0.25, 0.3) is 0 Å². The summed E-state index contributed by atoms with van der Waals surface area (Å²) in [6, 6.07) is 0. The fourth-order valence-corrected chi connectivity index (χ4v) is 0. The molecule has 0 N–H and O–H groups in total. The summed E-state index contributed by atoms with van der Waals surface area (Å²) < 4.78 is 0. The van der Waals surface area contributed by atoms with Gasteiger partial charge in [-0.1, -0.05) is 0 Å². The van der Waals surface area contributed by atoms with Gasteiger partial charge in [0.2, 0.25) is 0 Å². The normalized spacial score (nSPS) is 6.17. The molecule has 0 amide bonds. The van der Waals surface area contributed by atoms with Gasteiger partial charge >= 0.3 is 18.9 Å². The van der Waals surface area contributed by atoms with Crippen molar-refractivity contribution >= 4 is 18.9 Å². The minimum Gasteiger partial charge on any atom is -0.878 e. The predicted molar refractivity (Wildman–Crippen MR) is 20.6 cm³/mol. The zero-order chi connectivity index (χ0) is 3.41. The van der Waals surface area contributed by atoms with Crippen molar-refractivity contribution in [3.05, 3.63) is 12.3 Å². The van der Waals surface area contributed by atoms with E-state index in [4.69, 9.17) is 5.11 Å². The molecule has 3 heteroatoms. The molecule has 0 heterocycles. The Morgan fingerprint density at radius 3 is 1.67 bits per heavy atom. The Bertz CT molecular complexity index is 24.0. The largest absolute Gasteiger partial charge is 1.00 e. The zero-order valence-electron chi connectivity index (χ0n) is 4.56. The zero-order valence-corrected chi connectivity index (χ0v) is 4.56. The first kappa shape index (κ1) is 15.9.